The average molecular weight is 325 g/mol. The summed E-state index contributed by atoms with van der Waals surface area (Å²) in [4.78, 5) is 4.33. The summed E-state index contributed by atoms with van der Waals surface area (Å²) < 4.78 is 15.9. The first-order valence-corrected chi connectivity index (χ1v) is 7.45. The van der Waals surface area contributed by atoms with Crippen LogP contribution in [0.5, 0.6) is 11.6 Å². The number of fused-ring (bicyclic) bond motifs is 1. The third-order valence-electron chi connectivity index (χ3n) is 3.59. The third-order valence-corrected chi connectivity index (χ3v) is 3.59. The fourth-order valence-corrected chi connectivity index (χ4v) is 2.39. The Balaban J connectivity index is 1.78. The van der Waals surface area contributed by atoms with Gasteiger partial charge in [0.2, 0.25) is 5.88 Å². The number of nitriles is 1. The Labute approximate surface area is 139 Å². The minimum atomic E-state index is -0.876. The van der Waals surface area contributed by atoms with Gasteiger partial charge in [-0.05, 0) is 29.2 Å². The van der Waals surface area contributed by atoms with Crippen LogP contribution in [-0.4, -0.2) is 37.4 Å². The van der Waals surface area contributed by atoms with Crippen LogP contribution in [0.25, 0.3) is 0 Å². The van der Waals surface area contributed by atoms with Crippen molar-refractivity contribution in [3.05, 3.63) is 41.5 Å². The normalized spacial score (nSPS) is 12.6. The first-order valence-electron chi connectivity index (χ1n) is 7.45. The van der Waals surface area contributed by atoms with Crippen molar-refractivity contribution in [2.75, 3.05) is 25.6 Å². The van der Waals surface area contributed by atoms with Crippen LogP contribution < -0.4 is 15.5 Å². The highest BCUT2D eigenvalue weighted by Crippen LogP contribution is 2.24. The molecule has 1 aliphatic rings. The summed E-state index contributed by atoms with van der Waals surface area (Å²) in [5.74, 6) is 1.41. The lowest BCUT2D eigenvalue weighted by Crippen LogP contribution is -2.27. The number of nitrogens with one attached hydrogen (secondary N) is 1. The first-order chi connectivity index (χ1) is 11.7. The summed E-state index contributed by atoms with van der Waals surface area (Å²) in [6.07, 6.45) is 0. The van der Waals surface area contributed by atoms with Gasteiger partial charge >= 0.3 is 7.12 Å². The van der Waals surface area contributed by atoms with Crippen LogP contribution in [0.3, 0.4) is 0 Å². The molecule has 2 N–H and O–H groups in total. The van der Waals surface area contributed by atoms with Gasteiger partial charge in [0.25, 0.3) is 0 Å². The quantitative estimate of drug-likeness (QED) is 0.604. The Bertz CT molecular complexity index is 778. The summed E-state index contributed by atoms with van der Waals surface area (Å²) in [6.45, 7) is 1.39. The van der Waals surface area contributed by atoms with Gasteiger partial charge in [-0.2, -0.15) is 10.2 Å². The second kappa shape index (κ2) is 7.32. The van der Waals surface area contributed by atoms with Crippen LogP contribution >= 0.6 is 0 Å². The maximum atomic E-state index is 9.63. The Morgan fingerprint density at radius 3 is 3.08 bits per heavy atom. The predicted octanol–water partition coefficient (Wildman–Crippen LogP) is 1.02. The lowest BCUT2D eigenvalue weighted by molar-refractivity contribution is 0.210. The van der Waals surface area contributed by atoms with Gasteiger partial charge in [0.05, 0.1) is 18.8 Å². The van der Waals surface area contributed by atoms with Crippen molar-refractivity contribution in [3.63, 3.8) is 0 Å². The average Bonchev–Trinajstić information content (AvgIpc) is 2.96. The van der Waals surface area contributed by atoms with E-state index in [1.54, 1.807) is 31.4 Å². The van der Waals surface area contributed by atoms with Crippen LogP contribution in [0.15, 0.2) is 30.3 Å². The summed E-state index contributed by atoms with van der Waals surface area (Å²) in [5.41, 5.74) is 2.06. The van der Waals surface area contributed by atoms with Crippen molar-refractivity contribution in [1.82, 2.24) is 4.98 Å². The van der Waals surface area contributed by atoms with E-state index in [0.717, 1.165) is 11.0 Å². The summed E-state index contributed by atoms with van der Waals surface area (Å²) in [6, 6.07) is 10.7. The molecule has 0 saturated heterocycles. The number of hydrogen-bond acceptors (Lipinski definition) is 7. The number of benzene rings is 1. The van der Waals surface area contributed by atoms with Gasteiger partial charge in [-0.3, -0.25) is 0 Å². The Kier molecular flexibility index (Phi) is 4.96. The molecule has 0 spiro atoms. The molecular formula is C16H16BN3O4. The summed E-state index contributed by atoms with van der Waals surface area (Å²) >= 11 is 0. The van der Waals surface area contributed by atoms with Gasteiger partial charge in [0.15, 0.2) is 0 Å². The van der Waals surface area contributed by atoms with E-state index in [-0.39, 0.29) is 0 Å². The Morgan fingerprint density at radius 2 is 2.29 bits per heavy atom. The molecule has 0 aliphatic carbocycles. The van der Waals surface area contributed by atoms with E-state index in [1.807, 2.05) is 6.07 Å². The van der Waals surface area contributed by atoms with Crippen molar-refractivity contribution in [3.8, 4) is 17.7 Å². The monoisotopic (exact) mass is 325 g/mol. The number of ether oxygens (including phenoxy) is 2. The topological polar surface area (TPSA) is 96.6 Å². The van der Waals surface area contributed by atoms with Crippen molar-refractivity contribution in [2.45, 2.75) is 6.61 Å². The molecule has 1 aliphatic heterocycles. The summed E-state index contributed by atoms with van der Waals surface area (Å²) in [5, 5.41) is 21.8. The number of aromatic nitrogens is 1. The number of hydrogen-bond donors (Lipinski definition) is 2. The minimum absolute atomic E-state index is 0.346. The molecule has 1 aromatic carbocycles. The largest absolute Gasteiger partial charge is 0.491 e. The van der Waals surface area contributed by atoms with Gasteiger partial charge in [-0.25, -0.2) is 0 Å². The molecule has 0 radical (unpaired) electrons. The van der Waals surface area contributed by atoms with Gasteiger partial charge in [-0.1, -0.05) is 6.07 Å². The number of rotatable bonds is 6. The van der Waals surface area contributed by atoms with E-state index in [1.165, 1.54) is 0 Å². The number of methoxy groups -OCH3 is 1. The standard InChI is InChI=1S/C16H16BN3O4/c1-22-7-6-19-16-11(9-18)2-5-15(20-16)24-13-3-4-14-12(8-13)10-23-17(14)21/h2-5,8,21H,6-7,10H2,1H3,(H,19,20). The molecule has 1 aromatic heterocycles. The Morgan fingerprint density at radius 1 is 1.42 bits per heavy atom. The number of anilines is 1. The lowest BCUT2D eigenvalue weighted by atomic mass is 9.80. The van der Waals surface area contributed by atoms with Crippen molar-refractivity contribution < 1.29 is 19.2 Å². The van der Waals surface area contributed by atoms with Crippen molar-refractivity contribution in [1.29, 1.82) is 5.26 Å². The molecule has 24 heavy (non-hydrogen) atoms. The first kappa shape index (κ1) is 16.3. The maximum absolute atomic E-state index is 9.63. The minimum Gasteiger partial charge on any atom is -0.439 e. The molecule has 0 atom stereocenters. The fourth-order valence-electron chi connectivity index (χ4n) is 2.39. The van der Waals surface area contributed by atoms with Gasteiger partial charge in [-0.15, -0.1) is 0 Å². The van der Waals surface area contributed by atoms with E-state index in [0.29, 0.717) is 42.8 Å². The number of nitrogens with zero attached hydrogens (tertiary/aromatic N) is 2. The molecule has 2 heterocycles. The Hall–Kier alpha value is -2.60. The van der Waals surface area contributed by atoms with Gasteiger partial charge < -0.3 is 24.5 Å². The lowest BCUT2D eigenvalue weighted by Gasteiger charge is -2.10. The highest BCUT2D eigenvalue weighted by atomic mass is 16.5. The molecule has 2 aromatic rings. The van der Waals surface area contributed by atoms with E-state index >= 15 is 0 Å². The van der Waals surface area contributed by atoms with Crippen LogP contribution in [0.1, 0.15) is 11.1 Å². The zero-order chi connectivity index (χ0) is 16.9. The fraction of sp³-hybridized carbons (Fsp3) is 0.250. The van der Waals surface area contributed by atoms with Gasteiger partial charge in [0, 0.05) is 19.7 Å². The zero-order valence-electron chi connectivity index (χ0n) is 13.2. The van der Waals surface area contributed by atoms with Crippen LogP contribution in [-0.2, 0) is 16.0 Å². The summed E-state index contributed by atoms with van der Waals surface area (Å²) in [7, 11) is 0.729. The SMILES string of the molecule is COCCNc1nc(Oc2ccc3c(c2)COB3O)ccc1C#N. The molecule has 0 saturated carbocycles. The molecular weight excluding hydrogens is 309 g/mol. The molecule has 0 amide bonds. The second-order valence-corrected chi connectivity index (χ2v) is 5.20. The van der Waals surface area contributed by atoms with Crippen molar-refractivity contribution >= 4 is 18.4 Å². The molecule has 8 heteroatoms. The van der Waals surface area contributed by atoms with E-state index in [9.17, 15) is 5.02 Å². The molecule has 0 bridgehead atoms. The highest BCUT2D eigenvalue weighted by Gasteiger charge is 2.27. The van der Waals surface area contributed by atoms with E-state index < -0.39 is 7.12 Å². The van der Waals surface area contributed by atoms with E-state index in [2.05, 4.69) is 16.4 Å². The smallest absolute Gasteiger partial charge is 0.439 e. The van der Waals surface area contributed by atoms with Crippen LogP contribution in [0.2, 0.25) is 0 Å². The molecule has 3 rings (SSSR count). The maximum Gasteiger partial charge on any atom is 0.491 e. The van der Waals surface area contributed by atoms with Crippen LogP contribution in [0.4, 0.5) is 5.82 Å². The molecule has 7 nitrogen and oxygen atoms in total. The third kappa shape index (κ3) is 3.49. The van der Waals surface area contributed by atoms with Gasteiger partial charge in [0.1, 0.15) is 17.6 Å². The molecule has 122 valence electrons. The predicted molar refractivity (Wildman–Crippen MR) is 88.2 cm³/mol. The second-order valence-electron chi connectivity index (χ2n) is 5.20. The molecule has 0 unspecified atom stereocenters. The zero-order valence-corrected chi connectivity index (χ0v) is 13.2. The molecule has 0 fully saturated rings. The van der Waals surface area contributed by atoms with E-state index in [4.69, 9.17) is 19.4 Å². The highest BCUT2D eigenvalue weighted by molar-refractivity contribution is 6.61. The van der Waals surface area contributed by atoms with Crippen LogP contribution in [0, 0.1) is 11.3 Å². The van der Waals surface area contributed by atoms with Crippen molar-refractivity contribution in [2.24, 2.45) is 0 Å². The number of pyridine rings is 1.